The second-order valence-electron chi connectivity index (χ2n) is 5.28. The standard InChI is InChI=1S/C16H20S4/c1-5-9-7(3)8(4)11(10(9)6-2)12-13(17)15(19)16(20)14(12)18/h15-16,19-20H,5-6H2,1-4H3. The van der Waals surface area contributed by atoms with Crippen LogP contribution in [0.3, 0.4) is 0 Å². The van der Waals surface area contributed by atoms with Crippen molar-refractivity contribution in [3.8, 4) is 0 Å². The Labute approximate surface area is 143 Å². The number of hydrogen-bond acceptors (Lipinski definition) is 4. The molecular formula is C16H20S4. The van der Waals surface area contributed by atoms with Crippen molar-refractivity contribution in [1.82, 2.24) is 0 Å². The Morgan fingerprint density at radius 1 is 0.800 bits per heavy atom. The van der Waals surface area contributed by atoms with Gasteiger partial charge in [-0.1, -0.05) is 38.3 Å². The summed E-state index contributed by atoms with van der Waals surface area (Å²) in [5.74, 6) is 0. The van der Waals surface area contributed by atoms with E-state index >= 15 is 0 Å². The first-order chi connectivity index (χ1) is 9.36. The van der Waals surface area contributed by atoms with Gasteiger partial charge in [0.1, 0.15) is 0 Å². The topological polar surface area (TPSA) is 0 Å². The normalized spacial score (nSPS) is 27.5. The zero-order chi connectivity index (χ0) is 15.2. The van der Waals surface area contributed by atoms with E-state index in [4.69, 9.17) is 24.4 Å². The monoisotopic (exact) mass is 340 g/mol. The van der Waals surface area contributed by atoms with Crippen LogP contribution in [0.5, 0.6) is 0 Å². The lowest BCUT2D eigenvalue weighted by atomic mass is 9.94. The van der Waals surface area contributed by atoms with E-state index in [9.17, 15) is 0 Å². The Morgan fingerprint density at radius 2 is 1.25 bits per heavy atom. The second-order valence-corrected chi connectivity index (χ2v) is 7.27. The second kappa shape index (κ2) is 6.07. The van der Waals surface area contributed by atoms with Gasteiger partial charge in [0.2, 0.25) is 0 Å². The van der Waals surface area contributed by atoms with E-state index in [2.05, 4.69) is 53.0 Å². The quantitative estimate of drug-likeness (QED) is 0.408. The molecule has 0 aliphatic heterocycles. The molecule has 1 saturated carbocycles. The van der Waals surface area contributed by atoms with Gasteiger partial charge < -0.3 is 0 Å². The fraction of sp³-hybridized carbons (Fsp3) is 0.500. The maximum Gasteiger partial charge on any atom is 0.0541 e. The van der Waals surface area contributed by atoms with Gasteiger partial charge in [0.05, 0.1) is 10.5 Å². The minimum Gasteiger partial charge on any atom is -0.169 e. The molecule has 2 aliphatic carbocycles. The van der Waals surface area contributed by atoms with Crippen LogP contribution in [-0.4, -0.2) is 20.2 Å². The van der Waals surface area contributed by atoms with Crippen molar-refractivity contribution in [3.63, 3.8) is 0 Å². The minimum absolute atomic E-state index is 0.0415. The van der Waals surface area contributed by atoms with Crippen LogP contribution in [0.4, 0.5) is 0 Å². The first-order valence-electron chi connectivity index (χ1n) is 6.96. The van der Waals surface area contributed by atoms with E-state index in [-0.39, 0.29) is 10.5 Å². The Bertz CT molecular complexity index is 568. The van der Waals surface area contributed by atoms with E-state index in [0.717, 1.165) is 28.1 Å². The number of rotatable bonds is 2. The molecule has 20 heavy (non-hydrogen) atoms. The molecule has 2 unspecified atom stereocenters. The molecule has 2 aliphatic rings. The van der Waals surface area contributed by atoms with Gasteiger partial charge in [-0.05, 0) is 54.6 Å². The molecule has 0 aromatic rings. The highest BCUT2D eigenvalue weighted by Gasteiger charge is 2.39. The summed E-state index contributed by atoms with van der Waals surface area (Å²) in [6, 6.07) is 0. The van der Waals surface area contributed by atoms with Crippen LogP contribution in [0.25, 0.3) is 0 Å². The average Bonchev–Trinajstić information content (AvgIpc) is 2.78. The van der Waals surface area contributed by atoms with Crippen molar-refractivity contribution in [2.24, 2.45) is 0 Å². The molecule has 0 amide bonds. The van der Waals surface area contributed by atoms with Crippen LogP contribution in [0, 0.1) is 0 Å². The van der Waals surface area contributed by atoms with Crippen LogP contribution >= 0.6 is 49.7 Å². The molecule has 0 aromatic heterocycles. The molecule has 0 N–H and O–H groups in total. The largest absolute Gasteiger partial charge is 0.169 e. The Hall–Kier alpha value is 0.1000. The minimum atomic E-state index is -0.0415. The lowest BCUT2D eigenvalue weighted by Crippen LogP contribution is -2.15. The van der Waals surface area contributed by atoms with Crippen LogP contribution < -0.4 is 0 Å². The number of thiocarbonyl (C=S) groups is 2. The zero-order valence-corrected chi connectivity index (χ0v) is 15.7. The maximum absolute atomic E-state index is 5.61. The average molecular weight is 341 g/mol. The van der Waals surface area contributed by atoms with Gasteiger partial charge in [-0.3, -0.25) is 0 Å². The Morgan fingerprint density at radius 3 is 1.65 bits per heavy atom. The smallest absolute Gasteiger partial charge is 0.0541 e. The number of hydrogen-bond donors (Lipinski definition) is 2. The van der Waals surface area contributed by atoms with Gasteiger partial charge in [0, 0.05) is 15.3 Å². The first kappa shape index (κ1) is 16.5. The summed E-state index contributed by atoms with van der Waals surface area (Å²) >= 11 is 20.4. The number of thiol groups is 2. The Balaban J connectivity index is 2.74. The van der Waals surface area contributed by atoms with Crippen molar-refractivity contribution in [1.29, 1.82) is 0 Å². The molecule has 2 rings (SSSR count). The van der Waals surface area contributed by atoms with E-state index < -0.39 is 0 Å². The highest BCUT2D eigenvalue weighted by molar-refractivity contribution is 7.92. The fourth-order valence-electron chi connectivity index (χ4n) is 3.17. The lowest BCUT2D eigenvalue weighted by Gasteiger charge is -2.12. The predicted molar refractivity (Wildman–Crippen MR) is 104 cm³/mol. The third-order valence-electron chi connectivity index (χ3n) is 4.34. The molecule has 4 heteroatoms. The summed E-state index contributed by atoms with van der Waals surface area (Å²) < 4.78 is 0. The number of allylic oxidation sites excluding steroid dienone is 6. The maximum atomic E-state index is 5.61. The summed E-state index contributed by atoms with van der Waals surface area (Å²) in [4.78, 5) is 1.73. The van der Waals surface area contributed by atoms with Gasteiger partial charge in [-0.15, -0.1) is 0 Å². The highest BCUT2D eigenvalue weighted by Crippen LogP contribution is 2.44. The highest BCUT2D eigenvalue weighted by atomic mass is 32.1. The van der Waals surface area contributed by atoms with E-state index in [0.29, 0.717) is 0 Å². The van der Waals surface area contributed by atoms with Crippen LogP contribution in [0.15, 0.2) is 33.4 Å². The third kappa shape index (κ3) is 2.29. The van der Waals surface area contributed by atoms with Crippen LogP contribution in [-0.2, 0) is 0 Å². The molecule has 0 heterocycles. The van der Waals surface area contributed by atoms with E-state index in [1.165, 1.54) is 27.9 Å². The molecule has 0 spiro atoms. The van der Waals surface area contributed by atoms with E-state index in [1.54, 1.807) is 0 Å². The molecule has 0 nitrogen and oxygen atoms in total. The summed E-state index contributed by atoms with van der Waals surface area (Å²) in [6.45, 7) is 8.80. The summed E-state index contributed by atoms with van der Waals surface area (Å²) in [5.41, 5.74) is 7.90. The molecule has 0 bridgehead atoms. The first-order valence-corrected chi connectivity index (χ1v) is 8.81. The summed E-state index contributed by atoms with van der Waals surface area (Å²) in [5, 5.41) is -0.0829. The lowest BCUT2D eigenvalue weighted by molar-refractivity contribution is 1.03. The van der Waals surface area contributed by atoms with Gasteiger partial charge >= 0.3 is 0 Å². The fourth-order valence-corrected chi connectivity index (χ4v) is 4.69. The molecule has 0 aromatic carbocycles. The van der Waals surface area contributed by atoms with Gasteiger partial charge in [0.15, 0.2) is 0 Å². The molecule has 2 atom stereocenters. The molecule has 1 fully saturated rings. The van der Waals surface area contributed by atoms with Crippen LogP contribution in [0.1, 0.15) is 40.5 Å². The predicted octanol–water partition coefficient (Wildman–Crippen LogP) is 5.10. The van der Waals surface area contributed by atoms with Crippen molar-refractivity contribution < 1.29 is 0 Å². The van der Waals surface area contributed by atoms with Crippen LogP contribution in [0.2, 0.25) is 0 Å². The van der Waals surface area contributed by atoms with E-state index in [1.807, 2.05) is 0 Å². The molecular weight excluding hydrogens is 320 g/mol. The van der Waals surface area contributed by atoms with Crippen molar-refractivity contribution in [2.45, 2.75) is 51.0 Å². The van der Waals surface area contributed by atoms with Gasteiger partial charge in [-0.25, -0.2) is 0 Å². The Kier molecular flexibility index (Phi) is 5.00. The summed E-state index contributed by atoms with van der Waals surface area (Å²) in [6.07, 6.45) is 2.06. The molecule has 108 valence electrons. The van der Waals surface area contributed by atoms with Crippen molar-refractivity contribution >= 4 is 59.4 Å². The van der Waals surface area contributed by atoms with Gasteiger partial charge in [-0.2, -0.15) is 25.3 Å². The SMILES string of the molecule is CCC1=C(CC)C(=C2C(=S)C(S)C(S)C2=S)C(C)=C1C. The van der Waals surface area contributed by atoms with Crippen molar-refractivity contribution in [2.75, 3.05) is 0 Å². The van der Waals surface area contributed by atoms with Gasteiger partial charge in [0.25, 0.3) is 0 Å². The summed E-state index contributed by atoms with van der Waals surface area (Å²) in [7, 11) is 0. The third-order valence-corrected chi connectivity index (χ3v) is 6.96. The zero-order valence-electron chi connectivity index (χ0n) is 12.3. The molecule has 0 radical (unpaired) electrons. The molecule has 0 saturated heterocycles. The van der Waals surface area contributed by atoms with Crippen molar-refractivity contribution in [3.05, 3.63) is 33.4 Å².